The highest BCUT2D eigenvalue weighted by atomic mass is 32.2. The number of aromatic nitrogens is 2. The van der Waals surface area contributed by atoms with E-state index >= 15 is 4.39 Å². The van der Waals surface area contributed by atoms with E-state index in [4.69, 9.17) is 4.74 Å². The van der Waals surface area contributed by atoms with Gasteiger partial charge in [0.05, 0.1) is 34.8 Å². The molecule has 0 amide bonds. The minimum atomic E-state index is -3.69. The second kappa shape index (κ2) is 9.40. The van der Waals surface area contributed by atoms with Crippen molar-refractivity contribution in [3.05, 3.63) is 77.9 Å². The minimum absolute atomic E-state index is 0.0843. The fourth-order valence-electron chi connectivity index (χ4n) is 4.67. The third-order valence-electron chi connectivity index (χ3n) is 6.41. The quantitative estimate of drug-likeness (QED) is 0.347. The molecule has 8 nitrogen and oxygen atoms in total. The highest BCUT2D eigenvalue weighted by Crippen LogP contribution is 2.38. The maximum Gasteiger partial charge on any atom is 0.387 e. The molecule has 2 heterocycles. The van der Waals surface area contributed by atoms with Crippen molar-refractivity contribution < 1.29 is 34.7 Å². The molecule has 1 aliphatic rings. The van der Waals surface area contributed by atoms with Gasteiger partial charge < -0.3 is 9.30 Å². The van der Waals surface area contributed by atoms with E-state index in [0.717, 1.165) is 12.5 Å². The van der Waals surface area contributed by atoms with Crippen LogP contribution in [0.1, 0.15) is 17.4 Å². The first-order valence-corrected chi connectivity index (χ1v) is 15.1. The normalized spacial score (nSPS) is 16.6. The van der Waals surface area contributed by atoms with Gasteiger partial charge in [0.2, 0.25) is 10.0 Å². The number of para-hydroxylation sites is 1. The van der Waals surface area contributed by atoms with E-state index in [9.17, 15) is 25.6 Å². The van der Waals surface area contributed by atoms with Gasteiger partial charge >= 0.3 is 6.61 Å². The molecule has 3 aromatic carbocycles. The first-order valence-electron chi connectivity index (χ1n) is 11.3. The lowest BCUT2D eigenvalue weighted by atomic mass is 10.0. The third-order valence-corrected chi connectivity index (χ3v) is 8.76. The van der Waals surface area contributed by atoms with Crippen LogP contribution in [0, 0.1) is 5.82 Å². The van der Waals surface area contributed by atoms with Crippen LogP contribution in [-0.2, 0) is 26.4 Å². The minimum Gasteiger partial charge on any atom is -0.434 e. The Labute approximate surface area is 217 Å². The Morgan fingerprint density at radius 2 is 1.68 bits per heavy atom. The summed E-state index contributed by atoms with van der Waals surface area (Å²) in [6.07, 6.45) is 2.12. The average Bonchev–Trinajstić information content (AvgIpc) is 3.19. The van der Waals surface area contributed by atoms with E-state index in [0.29, 0.717) is 22.5 Å². The molecule has 0 saturated heterocycles. The number of sulfone groups is 1. The lowest BCUT2D eigenvalue weighted by molar-refractivity contribution is -0.0508. The molecule has 1 atom stereocenters. The standard InChI is InChI=1S/C25H22F3N3O5S2/c1-37(32,33)16-9-7-15(8-10-16)18-11-21-20(12-19(18)26)29-24-14-30(38(2,34)35)13-22(31(21)24)17-5-3-4-6-23(17)36-25(27)28/h3-12,22,25H,13-14H2,1-2H3/t22-/m1/s1. The smallest absolute Gasteiger partial charge is 0.387 e. The molecule has 0 saturated carbocycles. The van der Waals surface area contributed by atoms with E-state index in [1.54, 1.807) is 16.7 Å². The maximum atomic E-state index is 15.2. The molecule has 13 heteroatoms. The van der Waals surface area contributed by atoms with Crippen LogP contribution >= 0.6 is 0 Å². The topological polar surface area (TPSA) is 98.6 Å². The Hall–Kier alpha value is -3.42. The summed E-state index contributed by atoms with van der Waals surface area (Å²) >= 11 is 0. The fraction of sp³-hybridized carbons (Fsp3) is 0.240. The Balaban J connectivity index is 1.71. The summed E-state index contributed by atoms with van der Waals surface area (Å²) in [6, 6.07) is 13.8. The van der Waals surface area contributed by atoms with Gasteiger partial charge in [0.25, 0.3) is 0 Å². The number of hydrogen-bond acceptors (Lipinski definition) is 6. The average molecular weight is 566 g/mol. The molecule has 200 valence electrons. The summed E-state index contributed by atoms with van der Waals surface area (Å²) in [6.45, 7) is -3.28. The van der Waals surface area contributed by atoms with E-state index in [1.165, 1.54) is 52.8 Å². The largest absolute Gasteiger partial charge is 0.434 e. The fourth-order valence-corrected chi connectivity index (χ4v) is 6.07. The first kappa shape index (κ1) is 26.2. The number of alkyl halides is 2. The Kier molecular flexibility index (Phi) is 6.48. The second-order valence-electron chi connectivity index (χ2n) is 9.00. The Bertz CT molecular complexity index is 1760. The summed E-state index contributed by atoms with van der Waals surface area (Å²) < 4.78 is 97.8. The van der Waals surface area contributed by atoms with Crippen molar-refractivity contribution in [3.8, 4) is 16.9 Å². The van der Waals surface area contributed by atoms with Crippen LogP contribution in [0.15, 0.2) is 65.6 Å². The molecule has 4 aromatic rings. The molecular formula is C25H22F3N3O5S2. The SMILES string of the molecule is CS(=O)(=O)c1ccc(-c2cc3c(cc2F)nc2n3[C@@H](c3ccccc3OC(F)F)CN(S(C)(=O)=O)C2)cc1. The molecule has 0 N–H and O–H groups in total. The van der Waals surface area contributed by atoms with Crippen molar-refractivity contribution in [2.45, 2.75) is 24.1 Å². The van der Waals surface area contributed by atoms with E-state index < -0.39 is 38.3 Å². The molecule has 0 spiro atoms. The number of imidazole rings is 1. The highest BCUT2D eigenvalue weighted by Gasteiger charge is 2.35. The molecule has 1 aliphatic heterocycles. The molecule has 0 aliphatic carbocycles. The van der Waals surface area contributed by atoms with Gasteiger partial charge in [-0.1, -0.05) is 30.3 Å². The summed E-state index contributed by atoms with van der Waals surface area (Å²) in [4.78, 5) is 4.56. The molecule has 1 aromatic heterocycles. The zero-order valence-corrected chi connectivity index (χ0v) is 21.8. The number of halogens is 3. The predicted molar refractivity (Wildman–Crippen MR) is 135 cm³/mol. The highest BCUT2D eigenvalue weighted by molar-refractivity contribution is 7.90. The van der Waals surface area contributed by atoms with Gasteiger partial charge in [-0.25, -0.2) is 26.2 Å². The summed E-state index contributed by atoms with van der Waals surface area (Å²) in [5.74, 6) is -0.426. The van der Waals surface area contributed by atoms with Crippen LogP contribution < -0.4 is 4.74 Å². The van der Waals surface area contributed by atoms with Crippen molar-refractivity contribution in [1.82, 2.24) is 13.9 Å². The van der Waals surface area contributed by atoms with Gasteiger partial charge in [-0.2, -0.15) is 13.1 Å². The number of sulfonamides is 1. The van der Waals surface area contributed by atoms with E-state index in [-0.39, 0.29) is 34.8 Å². The second-order valence-corrected chi connectivity index (χ2v) is 13.0. The van der Waals surface area contributed by atoms with Crippen LogP contribution in [0.2, 0.25) is 0 Å². The molecule has 0 unspecified atom stereocenters. The lowest BCUT2D eigenvalue weighted by Crippen LogP contribution is -2.41. The third kappa shape index (κ3) is 4.88. The molecule has 5 rings (SSSR count). The van der Waals surface area contributed by atoms with Gasteiger partial charge in [0.1, 0.15) is 17.4 Å². The van der Waals surface area contributed by atoms with Crippen molar-refractivity contribution >= 4 is 30.9 Å². The van der Waals surface area contributed by atoms with Gasteiger partial charge in [-0.15, -0.1) is 0 Å². The maximum absolute atomic E-state index is 15.2. The number of rotatable bonds is 6. The van der Waals surface area contributed by atoms with Crippen molar-refractivity contribution in [2.24, 2.45) is 0 Å². The Morgan fingerprint density at radius 3 is 2.32 bits per heavy atom. The number of benzene rings is 3. The van der Waals surface area contributed by atoms with E-state index in [1.807, 2.05) is 0 Å². The van der Waals surface area contributed by atoms with Gasteiger partial charge in [0, 0.05) is 30.0 Å². The molecule has 0 radical (unpaired) electrons. The van der Waals surface area contributed by atoms with Crippen LogP contribution in [-0.4, -0.2) is 56.4 Å². The summed E-state index contributed by atoms with van der Waals surface area (Å²) in [5.41, 5.74) is 1.60. The zero-order valence-electron chi connectivity index (χ0n) is 20.2. The van der Waals surface area contributed by atoms with Gasteiger partial charge in [0.15, 0.2) is 9.84 Å². The molecule has 0 fully saturated rings. The predicted octanol–water partition coefficient (Wildman–Crippen LogP) is 4.21. The van der Waals surface area contributed by atoms with Gasteiger partial charge in [-0.3, -0.25) is 0 Å². The van der Waals surface area contributed by atoms with E-state index in [2.05, 4.69) is 4.98 Å². The number of ether oxygens (including phenoxy) is 1. The molecular weight excluding hydrogens is 543 g/mol. The summed E-state index contributed by atoms with van der Waals surface area (Å²) in [5, 5.41) is 0. The van der Waals surface area contributed by atoms with Crippen LogP contribution in [0.5, 0.6) is 5.75 Å². The van der Waals surface area contributed by atoms with Crippen LogP contribution in [0.25, 0.3) is 22.2 Å². The Morgan fingerprint density at radius 1 is 1.00 bits per heavy atom. The summed E-state index contributed by atoms with van der Waals surface area (Å²) in [7, 11) is -7.14. The number of hydrogen-bond donors (Lipinski definition) is 0. The van der Waals surface area contributed by atoms with Crippen molar-refractivity contribution in [1.29, 1.82) is 0 Å². The number of nitrogens with zero attached hydrogens (tertiary/aromatic N) is 3. The van der Waals surface area contributed by atoms with Crippen LogP contribution in [0.4, 0.5) is 13.2 Å². The lowest BCUT2D eigenvalue weighted by Gasteiger charge is -2.34. The van der Waals surface area contributed by atoms with Crippen molar-refractivity contribution in [3.63, 3.8) is 0 Å². The first-order chi connectivity index (χ1) is 17.8. The van der Waals surface area contributed by atoms with Crippen molar-refractivity contribution in [2.75, 3.05) is 19.1 Å². The molecule has 38 heavy (non-hydrogen) atoms. The monoisotopic (exact) mass is 565 g/mol. The van der Waals surface area contributed by atoms with Crippen LogP contribution in [0.3, 0.4) is 0 Å². The van der Waals surface area contributed by atoms with Gasteiger partial charge in [-0.05, 0) is 29.8 Å². The zero-order chi connectivity index (χ0) is 27.4. The number of fused-ring (bicyclic) bond motifs is 3. The molecule has 0 bridgehead atoms.